The monoisotopic (exact) mass is 369 g/mol. The van der Waals surface area contributed by atoms with Crippen molar-refractivity contribution in [1.82, 2.24) is 0 Å². The van der Waals surface area contributed by atoms with Crippen LogP contribution in [0.15, 0.2) is 48.6 Å². The summed E-state index contributed by atoms with van der Waals surface area (Å²) >= 11 is 0. The maximum absolute atomic E-state index is 2.60. The Labute approximate surface area is 156 Å². The minimum atomic E-state index is 0. The predicted molar refractivity (Wildman–Crippen MR) is 91.0 cm³/mol. The van der Waals surface area contributed by atoms with Gasteiger partial charge in [-0.05, 0) is 23.7 Å². The molecule has 0 heterocycles. The van der Waals surface area contributed by atoms with Crippen molar-refractivity contribution in [1.29, 1.82) is 0 Å². The maximum atomic E-state index is 2.60. The first-order valence-electron chi connectivity index (χ1n) is 8.28. The topological polar surface area (TPSA) is 0 Å². The number of fused-ring (bicyclic) bond motifs is 2. The Morgan fingerprint density at radius 2 is 1.09 bits per heavy atom. The summed E-state index contributed by atoms with van der Waals surface area (Å²) in [6.07, 6.45) is 29.2. The standard InChI is InChI=1S/C20H24.CH3.Zr/c1-3-7-19-15(5-1)9-11-17(19)13-14-18-12-10-16-6-2-4-8-20(16)18;;/h1-8,11-12,15-20H,9-10,13-14H2;1H3;/q-2;-1;+3. The van der Waals surface area contributed by atoms with Crippen LogP contribution in [0.3, 0.4) is 0 Å². The zero-order chi connectivity index (χ0) is 13.4. The summed E-state index contributed by atoms with van der Waals surface area (Å²) in [5.41, 5.74) is 0. The molecule has 6 unspecified atom stereocenters. The Morgan fingerprint density at radius 3 is 1.55 bits per heavy atom. The van der Waals surface area contributed by atoms with Crippen LogP contribution in [0.25, 0.3) is 0 Å². The van der Waals surface area contributed by atoms with E-state index < -0.39 is 0 Å². The van der Waals surface area contributed by atoms with Crippen molar-refractivity contribution in [2.45, 2.75) is 25.7 Å². The molecule has 0 nitrogen and oxygen atoms in total. The molecule has 0 spiro atoms. The van der Waals surface area contributed by atoms with Gasteiger partial charge >= 0.3 is 26.2 Å². The van der Waals surface area contributed by atoms with E-state index in [0.717, 1.165) is 35.5 Å². The molecular weight excluding hydrogens is 343 g/mol. The second-order valence-electron chi connectivity index (χ2n) is 6.87. The second kappa shape index (κ2) is 8.09. The third-order valence-electron chi connectivity index (χ3n) is 5.84. The van der Waals surface area contributed by atoms with Crippen LogP contribution in [-0.4, -0.2) is 0 Å². The Hall–Kier alpha value is -0.157. The van der Waals surface area contributed by atoms with Crippen molar-refractivity contribution in [2.24, 2.45) is 35.5 Å². The van der Waals surface area contributed by atoms with Crippen molar-refractivity contribution in [3.8, 4) is 0 Å². The van der Waals surface area contributed by atoms with Crippen molar-refractivity contribution >= 4 is 0 Å². The molecule has 0 aromatic heterocycles. The molecule has 0 N–H and O–H groups in total. The Bertz CT molecular complexity index is 426. The molecule has 4 rings (SSSR count). The van der Waals surface area contributed by atoms with Crippen LogP contribution in [0.2, 0.25) is 0 Å². The van der Waals surface area contributed by atoms with Gasteiger partial charge in [0.2, 0.25) is 0 Å². The molecule has 0 aromatic carbocycles. The smallest absolute Gasteiger partial charge is 0.358 e. The van der Waals surface area contributed by atoms with Crippen molar-refractivity contribution < 1.29 is 26.2 Å². The third-order valence-corrected chi connectivity index (χ3v) is 5.84. The van der Waals surface area contributed by atoms with Gasteiger partial charge in [-0.1, -0.05) is 61.4 Å². The van der Waals surface area contributed by atoms with Crippen LogP contribution < -0.4 is 0 Å². The van der Waals surface area contributed by atoms with Gasteiger partial charge in [0.25, 0.3) is 0 Å². The van der Waals surface area contributed by atoms with Gasteiger partial charge in [0, 0.05) is 0 Å². The van der Waals surface area contributed by atoms with Crippen LogP contribution in [0.4, 0.5) is 0 Å². The van der Waals surface area contributed by atoms with Gasteiger partial charge < -0.3 is 20.3 Å². The van der Waals surface area contributed by atoms with E-state index in [9.17, 15) is 0 Å². The molecule has 0 amide bonds. The molecule has 115 valence electrons. The van der Waals surface area contributed by atoms with E-state index in [-0.39, 0.29) is 33.6 Å². The summed E-state index contributed by atoms with van der Waals surface area (Å²) in [6, 6.07) is 0. The minimum absolute atomic E-state index is 0. The molecule has 0 aromatic rings. The van der Waals surface area contributed by atoms with Crippen LogP contribution in [0, 0.1) is 55.8 Å². The van der Waals surface area contributed by atoms with Crippen molar-refractivity contribution in [2.75, 3.05) is 0 Å². The van der Waals surface area contributed by atoms with E-state index in [4.69, 9.17) is 0 Å². The number of rotatable bonds is 3. The average Bonchev–Trinajstić information content (AvgIpc) is 3.09. The number of hydrogen-bond acceptors (Lipinski definition) is 0. The van der Waals surface area contributed by atoms with Gasteiger partial charge in [0.1, 0.15) is 0 Å². The van der Waals surface area contributed by atoms with Crippen LogP contribution in [0.1, 0.15) is 25.7 Å². The van der Waals surface area contributed by atoms with Gasteiger partial charge in [0.15, 0.2) is 0 Å². The van der Waals surface area contributed by atoms with Crippen molar-refractivity contribution in [3.63, 3.8) is 0 Å². The summed E-state index contributed by atoms with van der Waals surface area (Å²) in [4.78, 5) is 0. The zero-order valence-corrected chi connectivity index (χ0v) is 16.0. The van der Waals surface area contributed by atoms with Crippen LogP contribution in [-0.2, 0) is 26.2 Å². The van der Waals surface area contributed by atoms with Gasteiger partial charge in [-0.2, -0.15) is 24.7 Å². The van der Waals surface area contributed by atoms with E-state index in [1.54, 1.807) is 0 Å². The Balaban J connectivity index is 0.000000882. The summed E-state index contributed by atoms with van der Waals surface area (Å²) in [7, 11) is 0. The third kappa shape index (κ3) is 3.50. The SMILES string of the molecule is C1=CC2C[CH-]C(CCC3[CH-]CC4C=CC=CC43)C2C=C1.[CH3-].[Zr+3]. The molecule has 0 bridgehead atoms. The van der Waals surface area contributed by atoms with E-state index in [0.29, 0.717) is 0 Å². The fourth-order valence-electron chi connectivity index (χ4n) is 4.72. The fraction of sp³-hybridized carbons (Fsp3) is 0.476. The number of hydrogen-bond donors (Lipinski definition) is 0. The summed E-state index contributed by atoms with van der Waals surface area (Å²) < 4.78 is 0. The van der Waals surface area contributed by atoms with Gasteiger partial charge in [0.05, 0.1) is 0 Å². The summed E-state index contributed by atoms with van der Waals surface area (Å²) in [5.74, 6) is 4.80. The molecule has 1 heteroatoms. The predicted octanol–water partition coefficient (Wildman–Crippen LogP) is 5.38. The molecule has 6 atom stereocenters. The Kier molecular flexibility index (Phi) is 6.69. The average molecular weight is 371 g/mol. The maximum Gasteiger partial charge on any atom is 3.00 e. The van der Waals surface area contributed by atoms with Gasteiger partial charge in [-0.3, -0.25) is 0 Å². The molecule has 22 heavy (non-hydrogen) atoms. The van der Waals surface area contributed by atoms with Gasteiger partial charge in [-0.15, -0.1) is 0 Å². The molecule has 2 fully saturated rings. The first kappa shape index (κ1) is 18.2. The minimum Gasteiger partial charge on any atom is -0.358 e. The van der Waals surface area contributed by atoms with E-state index in [1.165, 1.54) is 25.7 Å². The molecule has 4 aliphatic carbocycles. The molecule has 0 aliphatic heterocycles. The van der Waals surface area contributed by atoms with Crippen LogP contribution in [0.5, 0.6) is 0 Å². The zero-order valence-electron chi connectivity index (χ0n) is 13.6. The number of allylic oxidation sites excluding steroid dienone is 8. The summed E-state index contributed by atoms with van der Waals surface area (Å²) in [6.45, 7) is 0. The first-order chi connectivity index (χ1) is 9.92. The quantitative estimate of drug-likeness (QED) is 0.585. The van der Waals surface area contributed by atoms with E-state index in [1.807, 2.05) is 0 Å². The first-order valence-corrected chi connectivity index (χ1v) is 8.28. The molecule has 4 aliphatic rings. The molecule has 2 saturated carbocycles. The largest absolute Gasteiger partial charge is 3.00 e. The van der Waals surface area contributed by atoms with Crippen LogP contribution >= 0.6 is 0 Å². The second-order valence-corrected chi connectivity index (χ2v) is 6.87. The Morgan fingerprint density at radius 1 is 0.682 bits per heavy atom. The normalized spacial score (nSPS) is 40.7. The molecular formula is C21H27Zr. The van der Waals surface area contributed by atoms with E-state index >= 15 is 0 Å². The molecule has 1 radical (unpaired) electrons. The fourth-order valence-corrected chi connectivity index (χ4v) is 4.72. The van der Waals surface area contributed by atoms with Gasteiger partial charge in [-0.25, -0.2) is 0 Å². The molecule has 0 saturated heterocycles. The van der Waals surface area contributed by atoms with E-state index in [2.05, 4.69) is 61.4 Å². The summed E-state index contributed by atoms with van der Waals surface area (Å²) in [5, 5.41) is 0. The van der Waals surface area contributed by atoms with Crippen molar-refractivity contribution in [3.05, 3.63) is 68.9 Å².